The average molecular weight is 697 g/mol. The van der Waals surface area contributed by atoms with Crippen LogP contribution in [0.25, 0.3) is 0 Å². The van der Waals surface area contributed by atoms with Crippen molar-refractivity contribution in [1.82, 2.24) is 10.2 Å². The third kappa shape index (κ3) is 10.4. The predicted molar refractivity (Wildman–Crippen MR) is 169 cm³/mol. The van der Waals surface area contributed by atoms with Gasteiger partial charge in [-0.2, -0.15) is 13.2 Å². The molecule has 12 heteroatoms. The Morgan fingerprint density at radius 2 is 1.61 bits per heavy atom. The minimum atomic E-state index is -4.65. The largest absolute Gasteiger partial charge is 0.416 e. The van der Waals surface area contributed by atoms with Crippen LogP contribution in [-0.4, -0.2) is 50.0 Å². The molecule has 0 saturated heterocycles. The summed E-state index contributed by atoms with van der Waals surface area (Å²) in [5.74, 6) is -0.698. The molecule has 3 rings (SSSR count). The fraction of sp³-hybridized carbons (Fsp3) is 0.375. The molecular formula is C32H37BrF3N3O4S. The van der Waals surface area contributed by atoms with E-state index >= 15 is 0 Å². The summed E-state index contributed by atoms with van der Waals surface area (Å²) in [6.07, 6.45) is -2.92. The molecule has 0 aliphatic rings. The zero-order chi connectivity index (χ0) is 32.5. The standard InChI is InChI=1S/C32H37BrF3N3O4S/c1-4-23(2)37-31(41)29(20-24-11-6-5-7-12-24)38(22-25-13-8-15-27(33)19-25)30(40)17-10-18-39(44(3,42)43)28-16-9-14-26(21-28)32(34,35)36/h5-9,11-16,19,21,23,29H,4,10,17-18,20,22H2,1-3H3,(H,37,41). The first-order valence-electron chi connectivity index (χ1n) is 14.2. The first-order valence-corrected chi connectivity index (χ1v) is 16.9. The van der Waals surface area contributed by atoms with Crippen molar-refractivity contribution in [2.24, 2.45) is 0 Å². The molecular weight excluding hydrogens is 659 g/mol. The molecule has 0 saturated carbocycles. The lowest BCUT2D eigenvalue weighted by atomic mass is 10.0. The molecule has 3 aromatic rings. The van der Waals surface area contributed by atoms with Crippen LogP contribution in [0.15, 0.2) is 83.3 Å². The van der Waals surface area contributed by atoms with Gasteiger partial charge in [0.05, 0.1) is 17.5 Å². The number of sulfonamides is 1. The van der Waals surface area contributed by atoms with E-state index in [1.54, 1.807) is 0 Å². The topological polar surface area (TPSA) is 86.8 Å². The van der Waals surface area contributed by atoms with Gasteiger partial charge in [0, 0.05) is 36.4 Å². The molecule has 0 heterocycles. The number of amides is 2. The Morgan fingerprint density at radius 3 is 2.23 bits per heavy atom. The number of hydrogen-bond donors (Lipinski definition) is 1. The van der Waals surface area contributed by atoms with E-state index < -0.39 is 27.8 Å². The predicted octanol–water partition coefficient (Wildman–Crippen LogP) is 6.57. The van der Waals surface area contributed by atoms with Crippen molar-refractivity contribution in [3.05, 3.63) is 100 Å². The third-order valence-electron chi connectivity index (χ3n) is 7.13. The number of anilines is 1. The van der Waals surface area contributed by atoms with Gasteiger partial charge in [0.15, 0.2) is 0 Å². The lowest BCUT2D eigenvalue weighted by Crippen LogP contribution is -2.52. The number of halogens is 4. The van der Waals surface area contributed by atoms with E-state index in [1.807, 2.05) is 68.4 Å². The van der Waals surface area contributed by atoms with Crippen molar-refractivity contribution >= 4 is 43.5 Å². The number of benzene rings is 3. The molecule has 3 aromatic carbocycles. The van der Waals surface area contributed by atoms with Crippen LogP contribution in [-0.2, 0) is 38.8 Å². The smallest absolute Gasteiger partial charge is 0.352 e. The van der Waals surface area contributed by atoms with Crippen LogP contribution in [0.1, 0.15) is 49.8 Å². The summed E-state index contributed by atoms with van der Waals surface area (Å²) in [5, 5.41) is 2.99. The van der Waals surface area contributed by atoms with E-state index in [2.05, 4.69) is 21.2 Å². The van der Waals surface area contributed by atoms with Crippen LogP contribution in [0.2, 0.25) is 0 Å². The molecule has 0 bridgehead atoms. The molecule has 0 spiro atoms. The highest BCUT2D eigenvalue weighted by Gasteiger charge is 2.33. The highest BCUT2D eigenvalue weighted by Crippen LogP contribution is 2.32. The third-order valence-corrected chi connectivity index (χ3v) is 8.82. The second-order valence-electron chi connectivity index (χ2n) is 10.7. The van der Waals surface area contributed by atoms with Gasteiger partial charge in [0.2, 0.25) is 21.8 Å². The summed E-state index contributed by atoms with van der Waals surface area (Å²) in [7, 11) is -3.97. The highest BCUT2D eigenvalue weighted by atomic mass is 79.9. The lowest BCUT2D eigenvalue weighted by molar-refractivity contribution is -0.141. The van der Waals surface area contributed by atoms with Crippen LogP contribution in [0, 0.1) is 0 Å². The van der Waals surface area contributed by atoms with Crippen molar-refractivity contribution < 1.29 is 31.2 Å². The van der Waals surface area contributed by atoms with Crippen molar-refractivity contribution in [3.63, 3.8) is 0 Å². The number of nitrogens with zero attached hydrogens (tertiary/aromatic N) is 2. The van der Waals surface area contributed by atoms with Gasteiger partial charge in [-0.25, -0.2) is 8.42 Å². The Balaban J connectivity index is 1.91. The van der Waals surface area contributed by atoms with Crippen LogP contribution in [0.4, 0.5) is 18.9 Å². The number of nitrogens with one attached hydrogen (secondary N) is 1. The summed E-state index contributed by atoms with van der Waals surface area (Å²) in [6, 6.07) is 19.8. The Hall–Kier alpha value is -3.38. The Labute approximate surface area is 265 Å². The van der Waals surface area contributed by atoms with E-state index in [0.717, 1.165) is 44.4 Å². The van der Waals surface area contributed by atoms with E-state index in [-0.39, 0.29) is 55.9 Å². The molecule has 0 aliphatic carbocycles. The summed E-state index contributed by atoms with van der Waals surface area (Å²) in [4.78, 5) is 29.0. The molecule has 7 nitrogen and oxygen atoms in total. The molecule has 2 amide bonds. The second-order valence-corrected chi connectivity index (χ2v) is 13.5. The van der Waals surface area contributed by atoms with Gasteiger partial charge in [-0.3, -0.25) is 13.9 Å². The minimum Gasteiger partial charge on any atom is -0.352 e. The summed E-state index contributed by atoms with van der Waals surface area (Å²) in [6.45, 7) is 3.72. The number of rotatable bonds is 14. The monoisotopic (exact) mass is 695 g/mol. The van der Waals surface area contributed by atoms with Gasteiger partial charge >= 0.3 is 6.18 Å². The normalized spacial score (nSPS) is 13.2. The minimum absolute atomic E-state index is 0.0160. The average Bonchev–Trinajstić information content (AvgIpc) is 2.96. The second kappa shape index (κ2) is 15.6. The van der Waals surface area contributed by atoms with E-state index in [0.29, 0.717) is 6.42 Å². The lowest BCUT2D eigenvalue weighted by Gasteiger charge is -2.33. The summed E-state index contributed by atoms with van der Waals surface area (Å²) < 4.78 is 66.8. The van der Waals surface area contributed by atoms with Gasteiger partial charge in [-0.05, 0) is 61.2 Å². The Kier molecular flexibility index (Phi) is 12.4. The van der Waals surface area contributed by atoms with Gasteiger partial charge in [-0.1, -0.05) is 71.4 Å². The van der Waals surface area contributed by atoms with Gasteiger partial charge < -0.3 is 10.2 Å². The molecule has 0 aliphatic heterocycles. The molecule has 1 N–H and O–H groups in total. The maximum Gasteiger partial charge on any atom is 0.416 e. The number of carbonyl (C=O) groups is 2. The Morgan fingerprint density at radius 1 is 0.955 bits per heavy atom. The number of alkyl halides is 3. The first kappa shape index (κ1) is 35.1. The zero-order valence-corrected chi connectivity index (χ0v) is 27.3. The Bertz CT molecular complexity index is 1520. The summed E-state index contributed by atoms with van der Waals surface area (Å²) >= 11 is 3.45. The molecule has 0 radical (unpaired) electrons. The van der Waals surface area contributed by atoms with E-state index in [9.17, 15) is 31.2 Å². The number of hydrogen-bond acceptors (Lipinski definition) is 4. The van der Waals surface area contributed by atoms with Crippen molar-refractivity contribution in [1.29, 1.82) is 0 Å². The quantitative estimate of drug-likeness (QED) is 0.207. The van der Waals surface area contributed by atoms with Crippen LogP contribution < -0.4 is 9.62 Å². The fourth-order valence-corrected chi connectivity index (χ4v) is 6.07. The van der Waals surface area contributed by atoms with Gasteiger partial charge in [-0.15, -0.1) is 0 Å². The molecule has 44 heavy (non-hydrogen) atoms. The SMILES string of the molecule is CCC(C)NC(=O)C(Cc1ccccc1)N(Cc1cccc(Br)c1)C(=O)CCCN(c1cccc(C(F)(F)F)c1)S(C)(=O)=O. The van der Waals surface area contributed by atoms with E-state index in [4.69, 9.17) is 0 Å². The number of carbonyl (C=O) groups excluding carboxylic acids is 2. The van der Waals surface area contributed by atoms with Gasteiger partial charge in [0.25, 0.3) is 0 Å². The molecule has 2 unspecified atom stereocenters. The molecule has 0 aromatic heterocycles. The molecule has 2 atom stereocenters. The van der Waals surface area contributed by atoms with Crippen molar-refractivity contribution in [2.45, 2.75) is 64.3 Å². The maximum atomic E-state index is 13.9. The van der Waals surface area contributed by atoms with Crippen LogP contribution >= 0.6 is 15.9 Å². The molecule has 0 fully saturated rings. The van der Waals surface area contributed by atoms with E-state index in [1.165, 1.54) is 11.0 Å². The van der Waals surface area contributed by atoms with Crippen LogP contribution in [0.3, 0.4) is 0 Å². The van der Waals surface area contributed by atoms with Crippen LogP contribution in [0.5, 0.6) is 0 Å². The van der Waals surface area contributed by atoms with Crippen molar-refractivity contribution in [2.75, 3.05) is 17.1 Å². The first-order chi connectivity index (χ1) is 20.7. The molecule has 238 valence electrons. The van der Waals surface area contributed by atoms with Gasteiger partial charge in [0.1, 0.15) is 6.04 Å². The zero-order valence-electron chi connectivity index (χ0n) is 24.9. The van der Waals surface area contributed by atoms with Crippen molar-refractivity contribution in [3.8, 4) is 0 Å². The fourth-order valence-electron chi connectivity index (χ4n) is 4.67. The maximum absolute atomic E-state index is 13.9. The highest BCUT2D eigenvalue weighted by molar-refractivity contribution is 9.10. The summed E-state index contributed by atoms with van der Waals surface area (Å²) in [5.41, 5.74) is 0.521.